The topological polar surface area (TPSA) is 198 Å². The van der Waals surface area contributed by atoms with E-state index in [1.165, 1.54) is 31.3 Å². The van der Waals surface area contributed by atoms with Crippen LogP contribution in [0.25, 0.3) is 10.4 Å². The van der Waals surface area contributed by atoms with Gasteiger partial charge in [0.1, 0.15) is 22.6 Å². The summed E-state index contributed by atoms with van der Waals surface area (Å²) in [6, 6.07) is 9.35. The van der Waals surface area contributed by atoms with E-state index in [1.807, 2.05) is 0 Å². The number of carbonyl (C=O) groups excluding carboxylic acids is 1. The fourth-order valence-corrected chi connectivity index (χ4v) is 5.66. The number of esters is 1. The summed E-state index contributed by atoms with van der Waals surface area (Å²) in [6.45, 7) is 3.94. The fraction of sp³-hybridized carbons (Fsp3) is 0.500. The van der Waals surface area contributed by atoms with E-state index >= 15 is 0 Å². The third-order valence-electron chi connectivity index (χ3n) is 5.45. The van der Waals surface area contributed by atoms with Crippen molar-refractivity contribution in [2.24, 2.45) is 11.0 Å². The fourth-order valence-electron chi connectivity index (χ4n) is 3.63. The number of aromatic nitrogens is 2. The number of azide groups is 1. The van der Waals surface area contributed by atoms with Crippen LogP contribution in [0.15, 0.2) is 52.5 Å². The summed E-state index contributed by atoms with van der Waals surface area (Å²) < 4.78 is 37.0. The Kier molecular flexibility index (Phi) is 9.49. The minimum absolute atomic E-state index is 0.119. The molecule has 0 bridgehead atoms. The molecule has 1 aliphatic heterocycles. The second-order valence-corrected chi connectivity index (χ2v) is 11.3. The molecule has 0 saturated carbocycles. The molecule has 14 nitrogen and oxygen atoms in total. The van der Waals surface area contributed by atoms with Gasteiger partial charge in [0.25, 0.3) is 0 Å². The third-order valence-corrected chi connectivity index (χ3v) is 7.69. The average molecular weight is 570 g/mol. The number of carbonyl (C=O) groups is 1. The minimum atomic E-state index is -4.21. The highest BCUT2D eigenvalue weighted by Gasteiger charge is 2.56. The molecule has 1 saturated heterocycles. The maximum atomic E-state index is 13.9. The first kappa shape index (κ1) is 29.5. The Bertz CT molecular complexity index is 1350. The number of rotatable bonds is 11. The summed E-state index contributed by atoms with van der Waals surface area (Å²) in [5.74, 6) is -1.41. The van der Waals surface area contributed by atoms with E-state index in [-0.39, 0.29) is 10.4 Å². The number of para-hydroxylation sites is 1. The molecule has 2 aromatic rings. The zero-order valence-corrected chi connectivity index (χ0v) is 22.4. The maximum Gasteiger partial charge on any atom is 0.380 e. The van der Waals surface area contributed by atoms with Crippen LogP contribution < -0.4 is 10.2 Å². The SMILES string of the molecule is CC(C)OC(=O)[C@H](C)CP(=O)(OC[C@@]1(N=[N+]=[N-])O[C@@H](n2ccc(=S)[nH]c2=O)C(O)[C@H]1O)Oc1ccccc1. The highest BCUT2D eigenvalue weighted by Crippen LogP contribution is 2.52. The average Bonchev–Trinajstić information content (AvgIpc) is 3.09. The number of nitrogens with one attached hydrogen (secondary N) is 1. The molecule has 2 unspecified atom stereocenters. The Hall–Kier alpha value is -3.03. The van der Waals surface area contributed by atoms with Crippen molar-refractivity contribution >= 4 is 25.8 Å². The van der Waals surface area contributed by atoms with Crippen molar-refractivity contribution in [3.63, 3.8) is 0 Å². The molecule has 1 aromatic carbocycles. The summed E-state index contributed by atoms with van der Waals surface area (Å²) in [7, 11) is -4.21. The molecule has 38 heavy (non-hydrogen) atoms. The first-order valence-corrected chi connectivity index (χ1v) is 13.6. The predicted octanol–water partition coefficient (Wildman–Crippen LogP) is 3.04. The van der Waals surface area contributed by atoms with Gasteiger partial charge in [0.2, 0.25) is 5.72 Å². The lowest BCUT2D eigenvalue weighted by atomic mass is 10.1. The number of benzene rings is 1. The standard InChI is InChI=1S/C22H28N5O9PS/c1-13(2)34-20(30)14(3)11-37(32,36-15-7-5-4-6-8-15)33-12-22(25-26-23)18(29)17(28)19(35-22)27-10-9-16(38)24-21(27)31/h4-10,13-14,17-19,28-29H,11-12H2,1-3H3,(H,24,31,38)/t14-,17?,18-,19-,22-,37?/m1/s1. The zero-order valence-electron chi connectivity index (χ0n) is 20.7. The number of aliphatic hydroxyl groups excluding tert-OH is 2. The number of aromatic amines is 1. The third kappa shape index (κ3) is 6.88. The van der Waals surface area contributed by atoms with Gasteiger partial charge >= 0.3 is 19.3 Å². The van der Waals surface area contributed by atoms with Crippen LogP contribution in [0.4, 0.5) is 0 Å². The molecular formula is C22H28N5O9PS. The molecule has 16 heteroatoms. The van der Waals surface area contributed by atoms with Gasteiger partial charge in [0, 0.05) is 11.1 Å². The van der Waals surface area contributed by atoms with Crippen molar-refractivity contribution in [1.29, 1.82) is 0 Å². The second-order valence-electron chi connectivity index (χ2n) is 8.85. The molecule has 3 rings (SSSR count). The molecule has 0 radical (unpaired) electrons. The Morgan fingerprint density at radius 3 is 2.61 bits per heavy atom. The molecule has 0 amide bonds. The molecule has 1 fully saturated rings. The van der Waals surface area contributed by atoms with E-state index in [9.17, 15) is 29.9 Å². The molecule has 3 N–H and O–H groups in total. The van der Waals surface area contributed by atoms with Crippen molar-refractivity contribution in [3.05, 3.63) is 68.2 Å². The summed E-state index contributed by atoms with van der Waals surface area (Å²) in [6.07, 6.45) is -4.82. The first-order chi connectivity index (χ1) is 17.9. The van der Waals surface area contributed by atoms with Crippen molar-refractivity contribution in [2.75, 3.05) is 12.8 Å². The molecule has 0 spiro atoms. The second kappa shape index (κ2) is 12.2. The van der Waals surface area contributed by atoms with E-state index in [1.54, 1.807) is 32.0 Å². The lowest BCUT2D eigenvalue weighted by Gasteiger charge is -2.29. The number of ether oxygens (including phenoxy) is 2. The van der Waals surface area contributed by atoms with Crippen LogP contribution in [0.3, 0.4) is 0 Å². The van der Waals surface area contributed by atoms with E-state index in [4.69, 9.17) is 30.7 Å². The molecule has 1 aliphatic rings. The van der Waals surface area contributed by atoms with Gasteiger partial charge in [-0.05, 0) is 37.6 Å². The highest BCUT2D eigenvalue weighted by atomic mass is 32.1. The molecule has 1 aromatic heterocycles. The van der Waals surface area contributed by atoms with E-state index in [2.05, 4.69) is 15.0 Å². The maximum absolute atomic E-state index is 13.9. The number of nitrogens with zero attached hydrogens (tertiary/aromatic N) is 4. The van der Waals surface area contributed by atoms with Crippen molar-refractivity contribution < 1.29 is 38.1 Å². The van der Waals surface area contributed by atoms with Gasteiger partial charge in [0.05, 0.1) is 24.8 Å². The highest BCUT2D eigenvalue weighted by molar-refractivity contribution is 7.71. The largest absolute Gasteiger partial charge is 0.463 e. The van der Waals surface area contributed by atoms with Crippen LogP contribution in [0.1, 0.15) is 27.0 Å². The van der Waals surface area contributed by atoms with Crippen LogP contribution in [-0.2, 0) is 23.4 Å². The van der Waals surface area contributed by atoms with Crippen molar-refractivity contribution in [3.8, 4) is 5.75 Å². The Balaban J connectivity index is 1.91. The summed E-state index contributed by atoms with van der Waals surface area (Å²) >= 11 is 4.90. The number of H-pyrrole nitrogens is 1. The normalized spacial score (nSPS) is 25.3. The van der Waals surface area contributed by atoms with Gasteiger partial charge in [-0.15, -0.1) is 0 Å². The van der Waals surface area contributed by atoms with Gasteiger partial charge in [-0.2, -0.15) is 0 Å². The van der Waals surface area contributed by atoms with Crippen LogP contribution in [0.2, 0.25) is 0 Å². The summed E-state index contributed by atoms with van der Waals surface area (Å²) in [5.41, 5.74) is 6.11. The molecular weight excluding hydrogens is 541 g/mol. The molecule has 2 heterocycles. The van der Waals surface area contributed by atoms with Gasteiger partial charge in [-0.3, -0.25) is 18.9 Å². The summed E-state index contributed by atoms with van der Waals surface area (Å²) in [5, 5.41) is 24.9. The van der Waals surface area contributed by atoms with Crippen LogP contribution >= 0.6 is 19.8 Å². The van der Waals surface area contributed by atoms with Gasteiger partial charge in [-0.1, -0.05) is 42.5 Å². The van der Waals surface area contributed by atoms with Gasteiger partial charge < -0.3 is 24.2 Å². The number of hydrogen-bond donors (Lipinski definition) is 3. The number of aliphatic hydroxyl groups is 2. The van der Waals surface area contributed by atoms with Gasteiger partial charge in [0.15, 0.2) is 6.23 Å². The molecule has 6 atom stereocenters. The molecule has 0 aliphatic carbocycles. The molecule has 206 valence electrons. The van der Waals surface area contributed by atoms with E-state index in [0.717, 1.165) is 4.57 Å². The Labute approximate surface area is 222 Å². The Morgan fingerprint density at radius 2 is 2.00 bits per heavy atom. The first-order valence-electron chi connectivity index (χ1n) is 11.5. The van der Waals surface area contributed by atoms with E-state index in [0.29, 0.717) is 0 Å². The van der Waals surface area contributed by atoms with Crippen LogP contribution in [-0.4, -0.2) is 62.5 Å². The Morgan fingerprint density at radius 1 is 1.32 bits per heavy atom. The van der Waals surface area contributed by atoms with Crippen LogP contribution in [0, 0.1) is 10.6 Å². The predicted molar refractivity (Wildman–Crippen MR) is 136 cm³/mol. The number of hydrogen-bond acceptors (Lipinski definition) is 11. The van der Waals surface area contributed by atoms with Crippen LogP contribution in [0.5, 0.6) is 5.75 Å². The minimum Gasteiger partial charge on any atom is -0.463 e. The zero-order chi connectivity index (χ0) is 28.1. The van der Waals surface area contributed by atoms with Crippen molar-refractivity contribution in [2.45, 2.75) is 51.0 Å². The lowest BCUT2D eigenvalue weighted by molar-refractivity contribution is -0.151. The van der Waals surface area contributed by atoms with Crippen molar-refractivity contribution in [1.82, 2.24) is 9.55 Å². The van der Waals surface area contributed by atoms with E-state index < -0.39 is 68.2 Å². The summed E-state index contributed by atoms with van der Waals surface area (Å²) in [4.78, 5) is 29.8. The lowest BCUT2D eigenvalue weighted by Crippen LogP contribution is -2.45. The monoisotopic (exact) mass is 569 g/mol. The smallest absolute Gasteiger partial charge is 0.380 e. The van der Waals surface area contributed by atoms with Gasteiger partial charge in [-0.25, -0.2) is 9.36 Å². The quantitative estimate of drug-likeness (QED) is 0.0902.